The third kappa shape index (κ3) is 5.52. The first-order valence-corrected chi connectivity index (χ1v) is 8.52. The number of carboxylic acids is 1. The molecule has 1 aliphatic heterocycles. The van der Waals surface area contributed by atoms with Crippen molar-refractivity contribution in [2.24, 2.45) is 11.8 Å². The van der Waals surface area contributed by atoms with E-state index in [0.29, 0.717) is 25.8 Å². The molecule has 1 saturated heterocycles. The van der Waals surface area contributed by atoms with Crippen molar-refractivity contribution in [2.45, 2.75) is 65.5 Å². The monoisotopic (exact) mass is 326 g/mol. The van der Waals surface area contributed by atoms with Crippen LogP contribution in [0.25, 0.3) is 0 Å². The van der Waals surface area contributed by atoms with Crippen LogP contribution >= 0.6 is 0 Å². The minimum absolute atomic E-state index is 0.0366. The average Bonchev–Trinajstić information content (AvgIpc) is 2.93. The van der Waals surface area contributed by atoms with Crippen LogP contribution in [0.3, 0.4) is 0 Å². The van der Waals surface area contributed by atoms with E-state index in [1.807, 2.05) is 32.6 Å². The Morgan fingerprint density at radius 3 is 2.43 bits per heavy atom. The molecule has 0 bridgehead atoms. The normalized spacial score (nSPS) is 19.2. The minimum atomic E-state index is -0.965. The quantitative estimate of drug-likeness (QED) is 0.657. The first kappa shape index (κ1) is 19.5. The van der Waals surface area contributed by atoms with Crippen molar-refractivity contribution in [2.75, 3.05) is 13.1 Å². The van der Waals surface area contributed by atoms with Crippen molar-refractivity contribution in [3.05, 3.63) is 0 Å². The standard InChI is InChI=1S/C17H30N2O4/c1-12(2)10-15(17(22)23)18(11-20)9-7-14-6-5-8-19(14)16(21)13(3)4/h11-15H,5-10H2,1-4H3,(H,22,23)/t14-,15-/m1/s1. The molecule has 1 rings (SSSR count). The van der Waals surface area contributed by atoms with Crippen LogP contribution < -0.4 is 0 Å². The van der Waals surface area contributed by atoms with Gasteiger partial charge in [-0.1, -0.05) is 27.7 Å². The van der Waals surface area contributed by atoms with Crippen LogP contribution in [0.1, 0.15) is 53.4 Å². The predicted octanol–water partition coefficient (Wildman–Crippen LogP) is 1.98. The van der Waals surface area contributed by atoms with Crippen molar-refractivity contribution >= 4 is 18.3 Å². The van der Waals surface area contributed by atoms with Crippen LogP contribution in [0.4, 0.5) is 0 Å². The van der Waals surface area contributed by atoms with Gasteiger partial charge in [-0.2, -0.15) is 0 Å². The van der Waals surface area contributed by atoms with Crippen LogP contribution in [0.5, 0.6) is 0 Å². The molecule has 2 amide bonds. The number of aliphatic carboxylic acids is 1. The minimum Gasteiger partial charge on any atom is -0.480 e. The van der Waals surface area contributed by atoms with Crippen LogP contribution in [0.2, 0.25) is 0 Å². The number of nitrogens with zero attached hydrogens (tertiary/aromatic N) is 2. The molecule has 132 valence electrons. The molecule has 23 heavy (non-hydrogen) atoms. The number of hydrogen-bond donors (Lipinski definition) is 1. The van der Waals surface area contributed by atoms with Gasteiger partial charge >= 0.3 is 5.97 Å². The van der Waals surface area contributed by atoms with Gasteiger partial charge in [0.05, 0.1) is 0 Å². The summed E-state index contributed by atoms with van der Waals surface area (Å²) >= 11 is 0. The van der Waals surface area contributed by atoms with E-state index in [9.17, 15) is 19.5 Å². The van der Waals surface area contributed by atoms with Gasteiger partial charge in [-0.25, -0.2) is 4.79 Å². The highest BCUT2D eigenvalue weighted by Crippen LogP contribution is 2.23. The largest absolute Gasteiger partial charge is 0.480 e. The first-order valence-electron chi connectivity index (χ1n) is 8.52. The first-order chi connectivity index (χ1) is 10.8. The Bertz CT molecular complexity index is 423. The molecule has 1 heterocycles. The second-order valence-electron chi connectivity index (χ2n) is 7.10. The molecule has 0 unspecified atom stereocenters. The topological polar surface area (TPSA) is 77.9 Å². The zero-order valence-corrected chi connectivity index (χ0v) is 14.7. The van der Waals surface area contributed by atoms with Crippen molar-refractivity contribution in [3.8, 4) is 0 Å². The number of carbonyl (C=O) groups excluding carboxylic acids is 2. The van der Waals surface area contributed by atoms with Crippen molar-refractivity contribution in [3.63, 3.8) is 0 Å². The molecule has 0 aromatic heterocycles. The lowest BCUT2D eigenvalue weighted by molar-refractivity contribution is -0.147. The molecule has 6 heteroatoms. The summed E-state index contributed by atoms with van der Waals surface area (Å²) in [5, 5.41) is 9.36. The fraction of sp³-hybridized carbons (Fsp3) is 0.824. The van der Waals surface area contributed by atoms with Gasteiger partial charge in [-0.3, -0.25) is 9.59 Å². The molecule has 0 aliphatic carbocycles. The summed E-state index contributed by atoms with van der Waals surface area (Å²) < 4.78 is 0. The fourth-order valence-corrected chi connectivity index (χ4v) is 3.16. The molecular formula is C17H30N2O4. The molecule has 0 spiro atoms. The summed E-state index contributed by atoms with van der Waals surface area (Å²) in [6.07, 6.45) is 3.60. The summed E-state index contributed by atoms with van der Waals surface area (Å²) in [7, 11) is 0. The van der Waals surface area contributed by atoms with E-state index in [2.05, 4.69) is 0 Å². The molecule has 0 aromatic rings. The third-order valence-corrected chi connectivity index (χ3v) is 4.39. The number of hydrogen-bond acceptors (Lipinski definition) is 3. The van der Waals surface area contributed by atoms with Crippen LogP contribution in [0, 0.1) is 11.8 Å². The number of likely N-dealkylation sites (tertiary alicyclic amines) is 1. The van der Waals surface area contributed by atoms with E-state index in [-0.39, 0.29) is 23.8 Å². The van der Waals surface area contributed by atoms with Gasteiger partial charge < -0.3 is 14.9 Å². The van der Waals surface area contributed by atoms with E-state index in [0.717, 1.165) is 19.4 Å². The Balaban J connectivity index is 2.67. The molecule has 0 aromatic carbocycles. The zero-order valence-electron chi connectivity index (χ0n) is 14.7. The third-order valence-electron chi connectivity index (χ3n) is 4.39. The Kier molecular flexibility index (Phi) is 7.52. The molecule has 0 saturated carbocycles. The molecule has 1 fully saturated rings. The molecule has 1 aliphatic rings. The lowest BCUT2D eigenvalue weighted by Crippen LogP contribution is -2.44. The van der Waals surface area contributed by atoms with Crippen molar-refractivity contribution in [1.82, 2.24) is 9.80 Å². The zero-order chi connectivity index (χ0) is 17.6. The van der Waals surface area contributed by atoms with Gasteiger partial charge in [0.1, 0.15) is 6.04 Å². The average molecular weight is 326 g/mol. The van der Waals surface area contributed by atoms with E-state index in [1.165, 1.54) is 4.90 Å². The molecule has 6 nitrogen and oxygen atoms in total. The number of amides is 2. The summed E-state index contributed by atoms with van der Waals surface area (Å²) in [4.78, 5) is 38.2. The van der Waals surface area contributed by atoms with E-state index in [1.54, 1.807) is 0 Å². The number of carbonyl (C=O) groups is 3. The SMILES string of the molecule is CC(C)C[C@H](C(=O)O)N(C=O)CC[C@H]1CCCN1C(=O)C(C)C. The highest BCUT2D eigenvalue weighted by Gasteiger charge is 2.31. The van der Waals surface area contributed by atoms with Crippen LogP contribution in [-0.4, -0.2) is 58.4 Å². The second kappa shape index (κ2) is 8.89. The van der Waals surface area contributed by atoms with Gasteiger partial charge in [0.2, 0.25) is 12.3 Å². The molecule has 1 N–H and O–H groups in total. The van der Waals surface area contributed by atoms with E-state index in [4.69, 9.17) is 0 Å². The fourth-order valence-electron chi connectivity index (χ4n) is 3.16. The predicted molar refractivity (Wildman–Crippen MR) is 87.8 cm³/mol. The van der Waals surface area contributed by atoms with Gasteiger partial charge in [0.25, 0.3) is 0 Å². The summed E-state index contributed by atoms with van der Waals surface area (Å²) in [5.41, 5.74) is 0. The van der Waals surface area contributed by atoms with E-state index < -0.39 is 12.0 Å². The maximum absolute atomic E-state index is 12.2. The van der Waals surface area contributed by atoms with Gasteiger partial charge in [-0.05, 0) is 31.6 Å². The number of rotatable bonds is 9. The maximum Gasteiger partial charge on any atom is 0.326 e. The van der Waals surface area contributed by atoms with E-state index >= 15 is 0 Å². The summed E-state index contributed by atoms with van der Waals surface area (Å²) in [6.45, 7) is 8.80. The van der Waals surface area contributed by atoms with Gasteiger partial charge in [-0.15, -0.1) is 0 Å². The van der Waals surface area contributed by atoms with Gasteiger partial charge in [0.15, 0.2) is 0 Å². The Morgan fingerprint density at radius 1 is 1.30 bits per heavy atom. The Hall–Kier alpha value is -1.59. The summed E-state index contributed by atoms with van der Waals surface area (Å²) in [6, 6.07) is -0.677. The van der Waals surface area contributed by atoms with Crippen LogP contribution in [0.15, 0.2) is 0 Å². The number of carboxylic acid groups (broad SMARTS) is 1. The highest BCUT2D eigenvalue weighted by atomic mass is 16.4. The Labute approximate surface area is 138 Å². The van der Waals surface area contributed by atoms with Gasteiger partial charge in [0, 0.05) is 25.0 Å². The highest BCUT2D eigenvalue weighted by molar-refractivity contribution is 5.78. The van der Waals surface area contributed by atoms with Crippen LogP contribution in [-0.2, 0) is 14.4 Å². The smallest absolute Gasteiger partial charge is 0.326 e. The van der Waals surface area contributed by atoms with Crippen molar-refractivity contribution < 1.29 is 19.5 Å². The molecular weight excluding hydrogens is 296 g/mol. The molecule has 2 atom stereocenters. The van der Waals surface area contributed by atoms with Crippen molar-refractivity contribution in [1.29, 1.82) is 0 Å². The lowest BCUT2D eigenvalue weighted by atomic mass is 10.0. The molecule has 0 radical (unpaired) electrons. The lowest BCUT2D eigenvalue weighted by Gasteiger charge is -2.30. The second-order valence-corrected chi connectivity index (χ2v) is 7.10. The maximum atomic E-state index is 12.2. The summed E-state index contributed by atoms with van der Waals surface area (Å²) in [5.74, 6) is -0.663. The Morgan fingerprint density at radius 2 is 1.96 bits per heavy atom.